The van der Waals surface area contributed by atoms with Gasteiger partial charge >= 0.3 is 0 Å². The summed E-state index contributed by atoms with van der Waals surface area (Å²) in [5, 5.41) is 10.1. The van der Waals surface area contributed by atoms with Crippen molar-refractivity contribution in [3.8, 4) is 0 Å². The Kier molecular flexibility index (Phi) is 6.39. The van der Waals surface area contributed by atoms with E-state index < -0.39 is 0 Å². The average molecular weight is 306 g/mol. The van der Waals surface area contributed by atoms with Crippen LogP contribution in [-0.4, -0.2) is 27.4 Å². The van der Waals surface area contributed by atoms with Crippen LogP contribution in [0.25, 0.3) is 0 Å². The van der Waals surface area contributed by atoms with Gasteiger partial charge in [-0.3, -0.25) is 0 Å². The van der Waals surface area contributed by atoms with Crippen LogP contribution < -0.4 is 5.32 Å². The maximum absolute atomic E-state index is 4.43. The van der Waals surface area contributed by atoms with Crippen LogP contribution in [0.5, 0.6) is 0 Å². The van der Waals surface area contributed by atoms with Gasteiger partial charge in [0.2, 0.25) is 0 Å². The minimum absolute atomic E-state index is 0.371. The van der Waals surface area contributed by atoms with E-state index in [0.717, 1.165) is 18.8 Å². The summed E-state index contributed by atoms with van der Waals surface area (Å²) >= 11 is 1.85. The summed E-state index contributed by atoms with van der Waals surface area (Å²) < 4.78 is 2.03. The van der Waals surface area contributed by atoms with Gasteiger partial charge in [-0.2, -0.15) is 5.10 Å². The highest BCUT2D eigenvalue weighted by Gasteiger charge is 2.14. The third-order valence-electron chi connectivity index (χ3n) is 3.61. The van der Waals surface area contributed by atoms with Gasteiger partial charge in [-0.05, 0) is 51.1 Å². The lowest BCUT2D eigenvalue weighted by atomic mass is 10.1. The molecule has 1 atom stereocenters. The van der Waals surface area contributed by atoms with Gasteiger partial charge in [0.15, 0.2) is 0 Å². The van der Waals surface area contributed by atoms with Crippen LogP contribution in [0.15, 0.2) is 23.8 Å². The first kappa shape index (κ1) is 16.2. The second-order valence-corrected chi connectivity index (χ2v) is 6.68. The predicted octanol–water partition coefficient (Wildman–Crippen LogP) is 3.46. The number of likely N-dealkylation sites (N-methyl/N-ethyl adjacent to an activating group) is 1. The third-order valence-corrected chi connectivity index (χ3v) is 4.55. The molecule has 4 nitrogen and oxygen atoms in total. The molecule has 0 spiro atoms. The molecular weight excluding hydrogens is 280 g/mol. The summed E-state index contributed by atoms with van der Waals surface area (Å²) in [4.78, 5) is 5.91. The fourth-order valence-corrected chi connectivity index (χ4v) is 3.37. The number of aryl methyl sites for hydroxylation is 1. The van der Waals surface area contributed by atoms with Gasteiger partial charge < -0.3 is 5.32 Å². The van der Waals surface area contributed by atoms with Crippen molar-refractivity contribution in [2.45, 2.75) is 58.5 Å². The van der Waals surface area contributed by atoms with Gasteiger partial charge in [-0.15, -0.1) is 11.3 Å². The molecule has 0 radical (unpaired) electrons. The molecule has 0 saturated heterocycles. The molecule has 2 rings (SSSR count). The van der Waals surface area contributed by atoms with Crippen LogP contribution in [0.1, 0.15) is 50.4 Å². The molecular formula is C16H26N4S. The van der Waals surface area contributed by atoms with Gasteiger partial charge in [0.05, 0.1) is 0 Å². The van der Waals surface area contributed by atoms with Crippen LogP contribution >= 0.6 is 11.3 Å². The van der Waals surface area contributed by atoms with Crippen molar-refractivity contribution in [1.29, 1.82) is 0 Å². The summed E-state index contributed by atoms with van der Waals surface area (Å²) in [7, 11) is 0. The van der Waals surface area contributed by atoms with Crippen molar-refractivity contribution in [2.75, 3.05) is 6.54 Å². The molecule has 0 saturated carbocycles. The minimum atomic E-state index is 0.371. The zero-order valence-corrected chi connectivity index (χ0v) is 14.1. The van der Waals surface area contributed by atoms with Gasteiger partial charge in [0.1, 0.15) is 12.2 Å². The van der Waals surface area contributed by atoms with Gasteiger partial charge in [0.25, 0.3) is 0 Å². The third kappa shape index (κ3) is 4.93. The lowest BCUT2D eigenvalue weighted by molar-refractivity contribution is 0.437. The van der Waals surface area contributed by atoms with Crippen molar-refractivity contribution in [3.63, 3.8) is 0 Å². The molecule has 2 aromatic heterocycles. The van der Waals surface area contributed by atoms with Gasteiger partial charge in [-0.1, -0.05) is 13.0 Å². The SMILES string of the molecule is CCNC(CCCc1cccs1)Cc1ncnn1C(C)C. The Morgan fingerprint density at radius 2 is 2.24 bits per heavy atom. The first-order chi connectivity index (χ1) is 10.2. The average Bonchev–Trinajstić information content (AvgIpc) is 3.10. The molecule has 0 amide bonds. The Labute approximate surface area is 131 Å². The highest BCUT2D eigenvalue weighted by molar-refractivity contribution is 7.09. The number of rotatable bonds is 9. The Bertz CT molecular complexity index is 504. The van der Waals surface area contributed by atoms with E-state index in [1.165, 1.54) is 24.1 Å². The van der Waals surface area contributed by atoms with E-state index in [9.17, 15) is 0 Å². The van der Waals surface area contributed by atoms with Crippen molar-refractivity contribution >= 4 is 11.3 Å². The monoisotopic (exact) mass is 306 g/mol. The quantitative estimate of drug-likeness (QED) is 0.771. The molecule has 0 aliphatic heterocycles. The second kappa shape index (κ2) is 8.29. The first-order valence-corrected chi connectivity index (χ1v) is 8.72. The molecule has 0 aliphatic rings. The summed E-state index contributed by atoms with van der Waals surface area (Å²) in [5.74, 6) is 1.09. The highest BCUT2D eigenvalue weighted by atomic mass is 32.1. The molecule has 21 heavy (non-hydrogen) atoms. The standard InChI is InChI=1S/C16H26N4S/c1-4-17-14(7-5-8-15-9-6-10-21-15)11-16-18-12-19-20(16)13(2)3/h6,9-10,12-14,17H,4-5,7-8,11H2,1-3H3. The number of aromatic nitrogens is 3. The van der Waals surface area contributed by atoms with E-state index >= 15 is 0 Å². The smallest absolute Gasteiger partial charge is 0.138 e. The molecule has 0 aliphatic carbocycles. The largest absolute Gasteiger partial charge is 0.314 e. The Balaban J connectivity index is 1.87. The molecule has 116 valence electrons. The van der Waals surface area contributed by atoms with Crippen molar-refractivity contribution in [1.82, 2.24) is 20.1 Å². The van der Waals surface area contributed by atoms with E-state index in [4.69, 9.17) is 0 Å². The lowest BCUT2D eigenvalue weighted by Gasteiger charge is -2.18. The highest BCUT2D eigenvalue weighted by Crippen LogP contribution is 2.15. The molecule has 1 unspecified atom stereocenters. The topological polar surface area (TPSA) is 42.7 Å². The molecule has 1 N–H and O–H groups in total. The molecule has 0 bridgehead atoms. The van der Waals surface area contributed by atoms with Gasteiger partial charge in [-0.25, -0.2) is 9.67 Å². The van der Waals surface area contributed by atoms with E-state index in [0.29, 0.717) is 12.1 Å². The Morgan fingerprint density at radius 3 is 2.90 bits per heavy atom. The summed E-state index contributed by atoms with van der Waals surface area (Å²) in [5.41, 5.74) is 0. The van der Waals surface area contributed by atoms with Crippen LogP contribution in [-0.2, 0) is 12.8 Å². The second-order valence-electron chi connectivity index (χ2n) is 5.64. The molecule has 5 heteroatoms. The minimum Gasteiger partial charge on any atom is -0.314 e. The normalized spacial score (nSPS) is 13.0. The van der Waals surface area contributed by atoms with Crippen molar-refractivity contribution < 1.29 is 0 Å². The van der Waals surface area contributed by atoms with Crippen molar-refractivity contribution in [2.24, 2.45) is 0 Å². The first-order valence-electron chi connectivity index (χ1n) is 7.84. The Morgan fingerprint density at radius 1 is 1.38 bits per heavy atom. The Hall–Kier alpha value is -1.20. The molecule has 2 heterocycles. The number of hydrogen-bond acceptors (Lipinski definition) is 4. The van der Waals surface area contributed by atoms with E-state index in [2.05, 4.69) is 53.7 Å². The zero-order chi connectivity index (χ0) is 15.1. The van der Waals surface area contributed by atoms with E-state index in [1.807, 2.05) is 16.0 Å². The number of nitrogens with zero attached hydrogens (tertiary/aromatic N) is 3. The van der Waals surface area contributed by atoms with Gasteiger partial charge in [0, 0.05) is 23.4 Å². The zero-order valence-electron chi connectivity index (χ0n) is 13.2. The summed E-state index contributed by atoms with van der Waals surface area (Å²) in [6.07, 6.45) is 6.20. The van der Waals surface area contributed by atoms with E-state index in [1.54, 1.807) is 6.33 Å². The van der Waals surface area contributed by atoms with Crippen LogP contribution in [0, 0.1) is 0 Å². The number of hydrogen-bond donors (Lipinski definition) is 1. The molecule has 0 fully saturated rings. The lowest BCUT2D eigenvalue weighted by Crippen LogP contribution is -2.32. The van der Waals surface area contributed by atoms with E-state index in [-0.39, 0.29) is 0 Å². The molecule has 0 aromatic carbocycles. The maximum atomic E-state index is 4.43. The van der Waals surface area contributed by atoms with Crippen molar-refractivity contribution in [3.05, 3.63) is 34.5 Å². The summed E-state index contributed by atoms with van der Waals surface area (Å²) in [6, 6.07) is 5.21. The van der Waals surface area contributed by atoms with Crippen LogP contribution in [0.2, 0.25) is 0 Å². The predicted molar refractivity (Wildman–Crippen MR) is 88.8 cm³/mol. The van der Waals surface area contributed by atoms with Crippen LogP contribution in [0.3, 0.4) is 0 Å². The molecule has 2 aromatic rings. The number of thiophene rings is 1. The fraction of sp³-hybridized carbons (Fsp3) is 0.625. The van der Waals surface area contributed by atoms with Crippen LogP contribution in [0.4, 0.5) is 0 Å². The number of nitrogens with one attached hydrogen (secondary N) is 1. The summed E-state index contributed by atoms with van der Waals surface area (Å²) in [6.45, 7) is 7.47. The maximum Gasteiger partial charge on any atom is 0.138 e. The fourth-order valence-electron chi connectivity index (χ4n) is 2.61.